The van der Waals surface area contributed by atoms with E-state index >= 15 is 0 Å². The summed E-state index contributed by atoms with van der Waals surface area (Å²) in [6.45, 7) is 0.395. The van der Waals surface area contributed by atoms with Gasteiger partial charge in [-0.2, -0.15) is 0 Å². The van der Waals surface area contributed by atoms with Crippen LogP contribution in [-0.4, -0.2) is 23.3 Å². The van der Waals surface area contributed by atoms with Crippen LogP contribution in [0.2, 0.25) is 0 Å². The summed E-state index contributed by atoms with van der Waals surface area (Å²) in [6.07, 6.45) is 3.21. The molecule has 2 heterocycles. The summed E-state index contributed by atoms with van der Waals surface area (Å²) in [7, 11) is 0. The Hall–Kier alpha value is -2.63. The zero-order chi connectivity index (χ0) is 13.9. The fraction of sp³-hybridized carbons (Fsp3) is 0.214. The van der Waals surface area contributed by atoms with E-state index < -0.39 is 0 Å². The van der Waals surface area contributed by atoms with Gasteiger partial charge in [-0.3, -0.25) is 9.59 Å². The van der Waals surface area contributed by atoms with Gasteiger partial charge < -0.3 is 15.1 Å². The first-order valence-corrected chi connectivity index (χ1v) is 6.29. The van der Waals surface area contributed by atoms with Crippen molar-refractivity contribution in [2.45, 2.75) is 6.42 Å². The lowest BCUT2D eigenvalue weighted by Crippen LogP contribution is -2.24. The lowest BCUT2D eigenvalue weighted by atomic mass is 10.1. The van der Waals surface area contributed by atoms with Gasteiger partial charge in [-0.05, 0) is 12.1 Å². The maximum absolute atomic E-state index is 12.0. The number of hydrogen-bond acceptors (Lipinski definition) is 4. The van der Waals surface area contributed by atoms with Crippen molar-refractivity contribution in [3.63, 3.8) is 0 Å². The van der Waals surface area contributed by atoms with Crippen molar-refractivity contribution in [3.8, 4) is 11.3 Å². The van der Waals surface area contributed by atoms with Gasteiger partial charge in [-0.15, -0.1) is 0 Å². The van der Waals surface area contributed by atoms with Gasteiger partial charge in [0.25, 0.3) is 0 Å². The summed E-state index contributed by atoms with van der Waals surface area (Å²) in [4.78, 5) is 27.0. The normalized spacial score (nSPS) is 17.8. The minimum absolute atomic E-state index is 0.0828. The maximum Gasteiger partial charge on any atom is 0.229 e. The molecule has 102 valence electrons. The van der Waals surface area contributed by atoms with Crippen LogP contribution in [0, 0.1) is 5.92 Å². The number of carbonyl (C=O) groups excluding carboxylic acids is 2. The monoisotopic (exact) mass is 271 g/mol. The van der Waals surface area contributed by atoms with Crippen LogP contribution in [0.5, 0.6) is 0 Å². The second-order valence-electron chi connectivity index (χ2n) is 4.64. The molecule has 0 bridgehead atoms. The van der Waals surface area contributed by atoms with E-state index in [1.807, 2.05) is 18.2 Å². The molecule has 3 rings (SSSR count). The average molecular weight is 271 g/mol. The number of nitrogens with one attached hydrogen (secondary N) is 2. The first kappa shape index (κ1) is 12.4. The highest BCUT2D eigenvalue weighted by molar-refractivity contribution is 5.97. The Morgan fingerprint density at radius 2 is 2.35 bits per heavy atom. The number of amides is 2. The van der Waals surface area contributed by atoms with E-state index in [9.17, 15) is 9.59 Å². The third-order valence-electron chi connectivity index (χ3n) is 3.20. The van der Waals surface area contributed by atoms with Crippen LogP contribution in [0.1, 0.15) is 6.42 Å². The van der Waals surface area contributed by atoms with Gasteiger partial charge in [0.1, 0.15) is 0 Å². The zero-order valence-corrected chi connectivity index (χ0v) is 10.6. The molecule has 2 amide bonds. The van der Waals surface area contributed by atoms with E-state index in [4.69, 9.17) is 4.42 Å². The molecule has 0 aliphatic carbocycles. The number of aromatic nitrogens is 1. The van der Waals surface area contributed by atoms with Gasteiger partial charge >= 0.3 is 0 Å². The van der Waals surface area contributed by atoms with Crippen molar-refractivity contribution >= 4 is 17.5 Å². The number of anilines is 1. The molecule has 6 heteroatoms. The number of hydrogen-bond donors (Lipinski definition) is 2. The third kappa shape index (κ3) is 2.54. The predicted octanol–water partition coefficient (Wildman–Crippen LogP) is 1.42. The molecule has 6 nitrogen and oxygen atoms in total. The Morgan fingerprint density at radius 1 is 1.45 bits per heavy atom. The largest absolute Gasteiger partial charge is 0.444 e. The summed E-state index contributed by atoms with van der Waals surface area (Å²) in [5.41, 5.74) is 1.50. The molecule has 1 unspecified atom stereocenters. The fourth-order valence-electron chi connectivity index (χ4n) is 2.14. The Kier molecular flexibility index (Phi) is 3.20. The molecule has 2 N–H and O–H groups in total. The van der Waals surface area contributed by atoms with E-state index in [2.05, 4.69) is 15.6 Å². The van der Waals surface area contributed by atoms with Gasteiger partial charge in [0.2, 0.25) is 11.8 Å². The second-order valence-corrected chi connectivity index (χ2v) is 4.64. The fourth-order valence-corrected chi connectivity index (χ4v) is 2.14. The minimum Gasteiger partial charge on any atom is -0.444 e. The third-order valence-corrected chi connectivity index (χ3v) is 3.20. The first-order chi connectivity index (χ1) is 9.72. The first-order valence-electron chi connectivity index (χ1n) is 6.29. The summed E-state index contributed by atoms with van der Waals surface area (Å²) in [5, 5.41) is 5.46. The molecule has 1 atom stereocenters. The van der Waals surface area contributed by atoms with E-state index in [-0.39, 0.29) is 24.2 Å². The van der Waals surface area contributed by atoms with Crippen LogP contribution >= 0.6 is 0 Å². The lowest BCUT2D eigenvalue weighted by Gasteiger charge is -2.09. The molecule has 1 aliphatic heterocycles. The standard InChI is InChI=1S/C14H13N3O3/c18-13-5-10(6-16-13)14(19)17-11-3-1-2-9(4-11)12-7-15-8-20-12/h1-4,7-8,10H,5-6H2,(H,16,18)(H,17,19). The van der Waals surface area contributed by atoms with Gasteiger partial charge in [0, 0.05) is 24.2 Å². The second kappa shape index (κ2) is 5.16. The highest BCUT2D eigenvalue weighted by Gasteiger charge is 2.27. The molecule has 1 aromatic carbocycles. The van der Waals surface area contributed by atoms with Gasteiger partial charge in [0.15, 0.2) is 12.2 Å². The molecular weight excluding hydrogens is 258 g/mol. The average Bonchev–Trinajstić information content (AvgIpc) is 3.10. The van der Waals surface area contributed by atoms with E-state index in [0.29, 0.717) is 18.0 Å². The van der Waals surface area contributed by atoms with Crippen molar-refractivity contribution in [2.24, 2.45) is 5.92 Å². The molecule has 1 saturated heterocycles. The molecular formula is C14H13N3O3. The van der Waals surface area contributed by atoms with Crippen molar-refractivity contribution < 1.29 is 14.0 Å². The van der Waals surface area contributed by atoms with Gasteiger partial charge in [0.05, 0.1) is 12.1 Å². The van der Waals surface area contributed by atoms with Crippen molar-refractivity contribution in [1.29, 1.82) is 0 Å². The number of nitrogens with zero attached hydrogens (tertiary/aromatic N) is 1. The lowest BCUT2D eigenvalue weighted by molar-refractivity contribution is -0.123. The Morgan fingerprint density at radius 3 is 3.05 bits per heavy atom. The summed E-state index contributed by atoms with van der Waals surface area (Å²) < 4.78 is 5.21. The van der Waals surface area contributed by atoms with Crippen molar-refractivity contribution in [2.75, 3.05) is 11.9 Å². The predicted molar refractivity (Wildman–Crippen MR) is 71.7 cm³/mol. The molecule has 1 fully saturated rings. The van der Waals surface area contributed by atoms with Gasteiger partial charge in [-0.1, -0.05) is 12.1 Å². The van der Waals surface area contributed by atoms with Crippen LogP contribution in [0.4, 0.5) is 5.69 Å². The molecule has 0 saturated carbocycles. The number of benzene rings is 1. The quantitative estimate of drug-likeness (QED) is 0.884. The Balaban J connectivity index is 1.73. The number of rotatable bonds is 3. The molecule has 20 heavy (non-hydrogen) atoms. The van der Waals surface area contributed by atoms with Crippen LogP contribution in [0.3, 0.4) is 0 Å². The van der Waals surface area contributed by atoms with Crippen LogP contribution in [0.15, 0.2) is 41.3 Å². The molecule has 1 aromatic heterocycles. The van der Waals surface area contributed by atoms with Crippen molar-refractivity contribution in [3.05, 3.63) is 36.9 Å². The molecule has 1 aliphatic rings. The number of oxazole rings is 1. The highest BCUT2D eigenvalue weighted by atomic mass is 16.3. The Labute approximate surface area is 115 Å². The summed E-state index contributed by atoms with van der Waals surface area (Å²) in [5.74, 6) is 0.0916. The maximum atomic E-state index is 12.0. The summed E-state index contributed by atoms with van der Waals surface area (Å²) in [6, 6.07) is 7.30. The van der Waals surface area contributed by atoms with Gasteiger partial charge in [-0.25, -0.2) is 4.98 Å². The van der Waals surface area contributed by atoms with Crippen LogP contribution in [-0.2, 0) is 9.59 Å². The smallest absolute Gasteiger partial charge is 0.229 e. The molecule has 0 radical (unpaired) electrons. The van der Waals surface area contributed by atoms with Crippen LogP contribution < -0.4 is 10.6 Å². The van der Waals surface area contributed by atoms with Crippen molar-refractivity contribution in [1.82, 2.24) is 10.3 Å². The Bertz CT molecular complexity index is 637. The topological polar surface area (TPSA) is 84.2 Å². The van der Waals surface area contributed by atoms with Crippen LogP contribution in [0.25, 0.3) is 11.3 Å². The minimum atomic E-state index is -0.309. The molecule has 2 aromatic rings. The zero-order valence-electron chi connectivity index (χ0n) is 10.6. The SMILES string of the molecule is O=C1CC(C(=O)Nc2cccc(-c3cnco3)c2)CN1. The highest BCUT2D eigenvalue weighted by Crippen LogP contribution is 2.22. The summed E-state index contributed by atoms with van der Waals surface area (Å²) >= 11 is 0. The van der Waals surface area contributed by atoms with E-state index in [1.165, 1.54) is 6.39 Å². The number of carbonyl (C=O) groups is 2. The van der Waals surface area contributed by atoms with E-state index in [0.717, 1.165) is 5.56 Å². The van der Waals surface area contributed by atoms with E-state index in [1.54, 1.807) is 12.3 Å². The molecule has 0 spiro atoms.